The molecule has 0 fully saturated rings. The lowest BCUT2D eigenvalue weighted by Gasteiger charge is -2.12. The van der Waals surface area contributed by atoms with Crippen LogP contribution in [0.4, 0.5) is 4.39 Å². The van der Waals surface area contributed by atoms with E-state index in [2.05, 4.69) is 0 Å². The van der Waals surface area contributed by atoms with E-state index in [4.69, 9.17) is 4.74 Å². The Hall–Kier alpha value is -1.52. The Balaban J connectivity index is 2.32. The number of rotatable bonds is 4. The lowest BCUT2D eigenvalue weighted by molar-refractivity contribution is 0.196. The molecule has 0 unspecified atom stereocenters. The van der Waals surface area contributed by atoms with Crippen LogP contribution in [0.25, 0.3) is 0 Å². The molecular formula is C15H15FO2S. The van der Waals surface area contributed by atoms with Gasteiger partial charge in [-0.05, 0) is 48.9 Å². The Labute approximate surface area is 116 Å². The quantitative estimate of drug-likeness (QED) is 0.915. The summed E-state index contributed by atoms with van der Waals surface area (Å²) in [7, 11) is 1.61. The fourth-order valence-electron chi connectivity index (χ4n) is 1.73. The first-order valence-electron chi connectivity index (χ1n) is 5.89. The largest absolute Gasteiger partial charge is 0.497 e. The Morgan fingerprint density at radius 2 is 2.00 bits per heavy atom. The van der Waals surface area contributed by atoms with Crippen LogP contribution < -0.4 is 4.74 Å². The Bertz CT molecular complexity index is 570. The van der Waals surface area contributed by atoms with Gasteiger partial charge in [0.25, 0.3) is 0 Å². The molecule has 2 rings (SSSR count). The van der Waals surface area contributed by atoms with Crippen LogP contribution in [-0.4, -0.2) is 12.2 Å². The van der Waals surface area contributed by atoms with Crippen LogP contribution >= 0.6 is 11.8 Å². The van der Waals surface area contributed by atoms with Crippen molar-refractivity contribution in [3.05, 3.63) is 53.8 Å². The van der Waals surface area contributed by atoms with Gasteiger partial charge in [0.05, 0.1) is 13.2 Å². The van der Waals surface area contributed by atoms with Crippen LogP contribution in [0, 0.1) is 5.82 Å². The highest BCUT2D eigenvalue weighted by atomic mass is 32.2. The van der Waals surface area contributed by atoms with E-state index in [1.54, 1.807) is 20.1 Å². The summed E-state index contributed by atoms with van der Waals surface area (Å²) >= 11 is 1.47. The predicted octanol–water partition coefficient (Wildman–Crippen LogP) is 4.04. The van der Waals surface area contributed by atoms with Crippen LogP contribution in [0.3, 0.4) is 0 Å². The molecule has 2 nitrogen and oxygen atoms in total. The number of ether oxygens (including phenoxy) is 1. The first kappa shape index (κ1) is 13.9. The molecule has 0 saturated carbocycles. The number of aliphatic hydroxyl groups excluding tert-OH is 1. The molecule has 0 bridgehead atoms. The van der Waals surface area contributed by atoms with Crippen molar-refractivity contribution in [3.63, 3.8) is 0 Å². The standard InChI is InChI=1S/C15H15FO2S/c1-10(17)14-8-11(16)6-7-15(14)19-13-5-3-4-12(9-13)18-2/h3-10,17H,1-2H3/t10-/m0/s1. The summed E-state index contributed by atoms with van der Waals surface area (Å²) < 4.78 is 18.4. The summed E-state index contributed by atoms with van der Waals surface area (Å²) in [6.07, 6.45) is -0.705. The van der Waals surface area contributed by atoms with Crippen molar-refractivity contribution in [3.8, 4) is 5.75 Å². The van der Waals surface area contributed by atoms with Gasteiger partial charge < -0.3 is 9.84 Å². The maximum atomic E-state index is 13.2. The van der Waals surface area contributed by atoms with Gasteiger partial charge in [-0.2, -0.15) is 0 Å². The summed E-state index contributed by atoms with van der Waals surface area (Å²) in [5.74, 6) is 0.427. The van der Waals surface area contributed by atoms with Gasteiger partial charge >= 0.3 is 0 Å². The van der Waals surface area contributed by atoms with E-state index in [1.807, 2.05) is 24.3 Å². The van der Waals surface area contributed by atoms with E-state index in [0.717, 1.165) is 15.5 Å². The second-order valence-corrected chi connectivity index (χ2v) is 5.25. The van der Waals surface area contributed by atoms with Gasteiger partial charge in [-0.3, -0.25) is 0 Å². The number of benzene rings is 2. The van der Waals surface area contributed by atoms with E-state index >= 15 is 0 Å². The fourth-order valence-corrected chi connectivity index (χ4v) is 2.79. The third kappa shape index (κ3) is 3.49. The second-order valence-electron chi connectivity index (χ2n) is 4.14. The van der Waals surface area contributed by atoms with Gasteiger partial charge in [-0.15, -0.1) is 0 Å². The van der Waals surface area contributed by atoms with Crippen LogP contribution in [0.15, 0.2) is 52.3 Å². The van der Waals surface area contributed by atoms with E-state index in [-0.39, 0.29) is 5.82 Å². The highest BCUT2D eigenvalue weighted by Gasteiger charge is 2.11. The van der Waals surface area contributed by atoms with Crippen molar-refractivity contribution < 1.29 is 14.2 Å². The number of methoxy groups -OCH3 is 1. The molecule has 0 aromatic heterocycles. The normalized spacial score (nSPS) is 12.2. The minimum Gasteiger partial charge on any atom is -0.497 e. The lowest BCUT2D eigenvalue weighted by atomic mass is 10.1. The van der Waals surface area contributed by atoms with Crippen molar-refractivity contribution in [2.75, 3.05) is 7.11 Å². The predicted molar refractivity (Wildman–Crippen MR) is 74.2 cm³/mol. The zero-order chi connectivity index (χ0) is 13.8. The molecular weight excluding hydrogens is 263 g/mol. The van der Waals surface area contributed by atoms with Crippen LogP contribution in [-0.2, 0) is 0 Å². The molecule has 100 valence electrons. The number of hydrogen-bond donors (Lipinski definition) is 1. The number of aliphatic hydroxyl groups is 1. The van der Waals surface area contributed by atoms with Crippen molar-refractivity contribution in [2.45, 2.75) is 22.8 Å². The van der Waals surface area contributed by atoms with Crippen molar-refractivity contribution in [2.24, 2.45) is 0 Å². The van der Waals surface area contributed by atoms with Crippen molar-refractivity contribution in [1.82, 2.24) is 0 Å². The fraction of sp³-hybridized carbons (Fsp3) is 0.200. The topological polar surface area (TPSA) is 29.5 Å². The summed E-state index contributed by atoms with van der Waals surface area (Å²) in [6.45, 7) is 1.63. The summed E-state index contributed by atoms with van der Waals surface area (Å²) in [5.41, 5.74) is 0.591. The molecule has 0 aliphatic heterocycles. The summed E-state index contributed by atoms with van der Waals surface area (Å²) in [6, 6.07) is 12.1. The van der Waals surface area contributed by atoms with Crippen molar-refractivity contribution >= 4 is 11.8 Å². The Morgan fingerprint density at radius 1 is 1.21 bits per heavy atom. The second kappa shape index (κ2) is 6.08. The van der Waals surface area contributed by atoms with Gasteiger partial charge in [-0.25, -0.2) is 4.39 Å². The Kier molecular flexibility index (Phi) is 4.45. The summed E-state index contributed by atoms with van der Waals surface area (Å²) in [5, 5.41) is 9.70. The monoisotopic (exact) mass is 278 g/mol. The number of halogens is 1. The van der Waals surface area contributed by atoms with E-state index in [0.29, 0.717) is 5.56 Å². The minimum atomic E-state index is -0.705. The van der Waals surface area contributed by atoms with Crippen molar-refractivity contribution in [1.29, 1.82) is 0 Å². The zero-order valence-electron chi connectivity index (χ0n) is 10.8. The highest BCUT2D eigenvalue weighted by Crippen LogP contribution is 2.35. The van der Waals surface area contributed by atoms with Gasteiger partial charge in [0.2, 0.25) is 0 Å². The molecule has 0 heterocycles. The van der Waals surface area contributed by atoms with Gasteiger partial charge in [0.15, 0.2) is 0 Å². The molecule has 1 N–H and O–H groups in total. The molecule has 0 saturated heterocycles. The average Bonchev–Trinajstić information content (AvgIpc) is 2.41. The lowest BCUT2D eigenvalue weighted by Crippen LogP contribution is -1.95. The molecule has 4 heteroatoms. The van der Waals surface area contributed by atoms with Crippen LogP contribution in [0.2, 0.25) is 0 Å². The molecule has 2 aromatic rings. The zero-order valence-corrected chi connectivity index (χ0v) is 11.6. The molecule has 19 heavy (non-hydrogen) atoms. The smallest absolute Gasteiger partial charge is 0.123 e. The van der Waals surface area contributed by atoms with E-state index in [9.17, 15) is 9.50 Å². The van der Waals surface area contributed by atoms with Gasteiger partial charge in [-0.1, -0.05) is 17.8 Å². The highest BCUT2D eigenvalue weighted by molar-refractivity contribution is 7.99. The van der Waals surface area contributed by atoms with Gasteiger partial charge in [0.1, 0.15) is 11.6 Å². The molecule has 1 atom stereocenters. The SMILES string of the molecule is COc1cccc(Sc2ccc(F)cc2[C@H](C)O)c1. The third-order valence-corrected chi connectivity index (χ3v) is 3.77. The van der Waals surface area contributed by atoms with Crippen LogP contribution in [0.1, 0.15) is 18.6 Å². The molecule has 0 spiro atoms. The Morgan fingerprint density at radius 3 is 2.68 bits per heavy atom. The summed E-state index contributed by atoms with van der Waals surface area (Å²) in [4.78, 5) is 1.82. The third-order valence-electron chi connectivity index (χ3n) is 2.69. The van der Waals surface area contributed by atoms with E-state index in [1.165, 1.54) is 23.9 Å². The van der Waals surface area contributed by atoms with E-state index < -0.39 is 6.10 Å². The number of hydrogen-bond acceptors (Lipinski definition) is 3. The van der Waals surface area contributed by atoms with Gasteiger partial charge in [0, 0.05) is 9.79 Å². The van der Waals surface area contributed by atoms with Crippen LogP contribution in [0.5, 0.6) is 5.75 Å². The molecule has 0 aliphatic carbocycles. The minimum absolute atomic E-state index is 0.342. The maximum Gasteiger partial charge on any atom is 0.123 e. The molecule has 0 radical (unpaired) electrons. The molecule has 0 amide bonds. The average molecular weight is 278 g/mol. The first-order chi connectivity index (χ1) is 9.10. The first-order valence-corrected chi connectivity index (χ1v) is 6.71. The molecule has 2 aromatic carbocycles. The maximum absolute atomic E-state index is 13.2. The molecule has 0 aliphatic rings.